The third kappa shape index (κ3) is 2.77. The molecular formula is C21H23N5. The first kappa shape index (κ1) is 15.6. The van der Waals surface area contributed by atoms with Gasteiger partial charge in [0.05, 0.1) is 5.52 Å². The monoisotopic (exact) mass is 345 g/mol. The molecule has 0 atom stereocenters. The highest BCUT2D eigenvalue weighted by atomic mass is 15.3. The predicted octanol–water partition coefficient (Wildman–Crippen LogP) is 3.62. The van der Waals surface area contributed by atoms with E-state index in [1.807, 2.05) is 12.4 Å². The molecule has 1 aromatic carbocycles. The molecule has 0 N–H and O–H groups in total. The van der Waals surface area contributed by atoms with Crippen molar-refractivity contribution in [2.75, 3.05) is 36.0 Å². The largest absolute Gasteiger partial charge is 0.354 e. The second-order valence-corrected chi connectivity index (χ2v) is 7.28. The van der Waals surface area contributed by atoms with E-state index in [1.165, 1.54) is 30.3 Å². The molecule has 5 heteroatoms. The number of pyridine rings is 1. The van der Waals surface area contributed by atoms with Gasteiger partial charge in [-0.25, -0.2) is 9.97 Å². The quantitative estimate of drug-likeness (QED) is 0.725. The van der Waals surface area contributed by atoms with Crippen LogP contribution in [0.15, 0.2) is 48.8 Å². The minimum atomic E-state index is 0.468. The normalized spacial score (nSPS) is 18.2. The zero-order chi connectivity index (χ0) is 17.3. The van der Waals surface area contributed by atoms with Crippen LogP contribution in [0.2, 0.25) is 0 Å². The van der Waals surface area contributed by atoms with E-state index in [0.717, 1.165) is 43.3 Å². The molecule has 5 rings (SSSR count). The van der Waals surface area contributed by atoms with Gasteiger partial charge in [0.15, 0.2) is 11.6 Å². The van der Waals surface area contributed by atoms with E-state index in [2.05, 4.69) is 56.2 Å². The molecule has 4 heterocycles. The Kier molecular flexibility index (Phi) is 3.92. The summed E-state index contributed by atoms with van der Waals surface area (Å²) in [5, 5.41) is 1.20. The lowest BCUT2D eigenvalue weighted by molar-refractivity contribution is 0.506. The Hall–Kier alpha value is -2.69. The molecule has 0 bridgehead atoms. The van der Waals surface area contributed by atoms with Gasteiger partial charge in [0.1, 0.15) is 0 Å². The molecule has 26 heavy (non-hydrogen) atoms. The smallest absolute Gasteiger partial charge is 0.172 e. The Morgan fingerprint density at radius 1 is 0.769 bits per heavy atom. The SMILES string of the molecule is c1ccc2nc(C3CN(c4nccnc4N4CCCCC4)C3)ccc2c1. The van der Waals surface area contributed by atoms with E-state index in [4.69, 9.17) is 4.98 Å². The van der Waals surface area contributed by atoms with Crippen molar-refractivity contribution in [2.45, 2.75) is 25.2 Å². The number of fused-ring (bicyclic) bond motifs is 1. The average Bonchev–Trinajstić information content (AvgIpc) is 2.68. The van der Waals surface area contributed by atoms with Gasteiger partial charge in [-0.05, 0) is 31.4 Å². The van der Waals surface area contributed by atoms with Crippen molar-refractivity contribution in [3.8, 4) is 0 Å². The zero-order valence-corrected chi connectivity index (χ0v) is 14.9. The highest BCUT2D eigenvalue weighted by Crippen LogP contribution is 2.35. The summed E-state index contributed by atoms with van der Waals surface area (Å²) in [4.78, 5) is 18.9. The van der Waals surface area contributed by atoms with Crippen molar-refractivity contribution in [3.05, 3.63) is 54.5 Å². The van der Waals surface area contributed by atoms with Crippen molar-refractivity contribution in [3.63, 3.8) is 0 Å². The highest BCUT2D eigenvalue weighted by molar-refractivity contribution is 5.78. The Morgan fingerprint density at radius 3 is 2.31 bits per heavy atom. The molecule has 132 valence electrons. The van der Waals surface area contributed by atoms with Gasteiger partial charge < -0.3 is 9.80 Å². The van der Waals surface area contributed by atoms with Crippen molar-refractivity contribution in [2.24, 2.45) is 0 Å². The molecule has 2 aliphatic heterocycles. The molecule has 0 aliphatic carbocycles. The van der Waals surface area contributed by atoms with E-state index in [0.29, 0.717) is 5.92 Å². The van der Waals surface area contributed by atoms with Gasteiger partial charge in [0.2, 0.25) is 0 Å². The van der Waals surface area contributed by atoms with E-state index in [9.17, 15) is 0 Å². The first-order chi connectivity index (χ1) is 12.9. The number of para-hydroxylation sites is 1. The van der Waals surface area contributed by atoms with Crippen LogP contribution in [0.1, 0.15) is 30.9 Å². The molecule has 5 nitrogen and oxygen atoms in total. The van der Waals surface area contributed by atoms with Crippen LogP contribution in [-0.4, -0.2) is 41.1 Å². The number of piperidine rings is 1. The topological polar surface area (TPSA) is 45.2 Å². The fourth-order valence-corrected chi connectivity index (χ4v) is 4.02. The molecule has 0 spiro atoms. The number of aromatic nitrogens is 3. The van der Waals surface area contributed by atoms with Crippen LogP contribution >= 0.6 is 0 Å². The van der Waals surface area contributed by atoms with Crippen LogP contribution in [0.4, 0.5) is 11.6 Å². The van der Waals surface area contributed by atoms with E-state index < -0.39 is 0 Å². The molecule has 2 aliphatic rings. The van der Waals surface area contributed by atoms with Crippen molar-refractivity contribution >= 4 is 22.5 Å². The fourth-order valence-electron chi connectivity index (χ4n) is 4.02. The minimum Gasteiger partial charge on any atom is -0.354 e. The maximum absolute atomic E-state index is 4.86. The maximum Gasteiger partial charge on any atom is 0.172 e. The van der Waals surface area contributed by atoms with Crippen LogP contribution < -0.4 is 9.80 Å². The standard InChI is InChI=1S/C21H23N5/c1-4-12-25(13-5-1)20-21(23-11-10-22-20)26-14-17(15-26)19-9-8-16-6-2-3-7-18(16)24-19/h2-3,6-11,17H,1,4-5,12-15H2. The van der Waals surface area contributed by atoms with Crippen molar-refractivity contribution in [1.82, 2.24) is 15.0 Å². The van der Waals surface area contributed by atoms with Gasteiger partial charge in [0, 0.05) is 55.6 Å². The van der Waals surface area contributed by atoms with Gasteiger partial charge >= 0.3 is 0 Å². The van der Waals surface area contributed by atoms with Crippen LogP contribution in [0.25, 0.3) is 10.9 Å². The molecule has 0 saturated carbocycles. The third-order valence-electron chi connectivity index (χ3n) is 5.54. The number of nitrogens with zero attached hydrogens (tertiary/aromatic N) is 5. The first-order valence-corrected chi connectivity index (χ1v) is 9.55. The average molecular weight is 345 g/mol. The minimum absolute atomic E-state index is 0.468. The number of anilines is 2. The molecule has 2 saturated heterocycles. The molecule has 2 aromatic heterocycles. The lowest BCUT2D eigenvalue weighted by Crippen LogP contribution is -2.47. The third-order valence-corrected chi connectivity index (χ3v) is 5.54. The molecule has 3 aromatic rings. The molecular weight excluding hydrogens is 322 g/mol. The summed E-state index contributed by atoms with van der Waals surface area (Å²) in [7, 11) is 0. The second kappa shape index (κ2) is 6.56. The fraction of sp³-hybridized carbons (Fsp3) is 0.381. The van der Waals surface area contributed by atoms with Gasteiger partial charge in [-0.2, -0.15) is 0 Å². The number of benzene rings is 1. The summed E-state index contributed by atoms with van der Waals surface area (Å²) >= 11 is 0. The molecule has 0 radical (unpaired) electrons. The summed E-state index contributed by atoms with van der Waals surface area (Å²) in [5.74, 6) is 2.55. The highest BCUT2D eigenvalue weighted by Gasteiger charge is 2.33. The summed E-state index contributed by atoms with van der Waals surface area (Å²) in [6.45, 7) is 4.11. The summed E-state index contributed by atoms with van der Waals surface area (Å²) in [6, 6.07) is 12.7. The van der Waals surface area contributed by atoms with Crippen molar-refractivity contribution < 1.29 is 0 Å². The summed E-state index contributed by atoms with van der Waals surface area (Å²) in [5.41, 5.74) is 2.26. The second-order valence-electron chi connectivity index (χ2n) is 7.28. The molecule has 2 fully saturated rings. The number of hydrogen-bond acceptors (Lipinski definition) is 5. The Balaban J connectivity index is 1.35. The lowest BCUT2D eigenvalue weighted by atomic mass is 9.95. The summed E-state index contributed by atoms with van der Waals surface area (Å²) in [6.07, 6.45) is 7.45. The Bertz CT molecular complexity index is 913. The van der Waals surface area contributed by atoms with Crippen molar-refractivity contribution in [1.29, 1.82) is 0 Å². The molecule has 0 amide bonds. The van der Waals surface area contributed by atoms with Gasteiger partial charge in [-0.3, -0.25) is 4.98 Å². The Labute approximate surface area is 153 Å². The first-order valence-electron chi connectivity index (χ1n) is 9.55. The zero-order valence-electron chi connectivity index (χ0n) is 14.9. The van der Waals surface area contributed by atoms with Crippen LogP contribution in [0, 0.1) is 0 Å². The van der Waals surface area contributed by atoms with Gasteiger partial charge in [-0.15, -0.1) is 0 Å². The van der Waals surface area contributed by atoms with Gasteiger partial charge in [-0.1, -0.05) is 24.3 Å². The number of hydrogen-bond donors (Lipinski definition) is 0. The van der Waals surface area contributed by atoms with E-state index in [-0.39, 0.29) is 0 Å². The van der Waals surface area contributed by atoms with E-state index >= 15 is 0 Å². The van der Waals surface area contributed by atoms with E-state index in [1.54, 1.807) is 0 Å². The Morgan fingerprint density at radius 2 is 1.50 bits per heavy atom. The summed E-state index contributed by atoms with van der Waals surface area (Å²) < 4.78 is 0. The lowest BCUT2D eigenvalue weighted by Gasteiger charge is -2.41. The predicted molar refractivity (Wildman–Crippen MR) is 105 cm³/mol. The molecule has 0 unspecified atom stereocenters. The van der Waals surface area contributed by atoms with Crippen LogP contribution in [-0.2, 0) is 0 Å². The maximum atomic E-state index is 4.86. The van der Waals surface area contributed by atoms with Crippen LogP contribution in [0.3, 0.4) is 0 Å². The van der Waals surface area contributed by atoms with Gasteiger partial charge in [0.25, 0.3) is 0 Å². The number of rotatable bonds is 3. The van der Waals surface area contributed by atoms with Crippen LogP contribution in [0.5, 0.6) is 0 Å².